The third kappa shape index (κ3) is 5.29. The molecule has 1 aromatic carbocycles. The number of hydrogen-bond acceptors (Lipinski definition) is 13. The van der Waals surface area contributed by atoms with Gasteiger partial charge in [0.25, 0.3) is 11.4 Å². The molecule has 0 bridgehead atoms. The molecule has 0 saturated carbocycles. The number of fused-ring (bicyclic) bond motifs is 1. The molecular weight excluding hydrogens is 550 g/mol. The lowest BCUT2D eigenvalue weighted by Gasteiger charge is -2.40. The maximum atomic E-state index is 13.1. The number of carbonyl (C=O) groups is 2. The Hall–Kier alpha value is -4.96. The van der Waals surface area contributed by atoms with Crippen LogP contribution < -0.4 is 20.4 Å². The zero-order valence-corrected chi connectivity index (χ0v) is 22.1. The summed E-state index contributed by atoms with van der Waals surface area (Å²) in [5, 5.41) is 44.7. The van der Waals surface area contributed by atoms with Crippen LogP contribution in [0.25, 0.3) is 11.0 Å². The molecule has 1 aliphatic rings. The van der Waals surface area contributed by atoms with Crippen LogP contribution in [-0.2, 0) is 9.47 Å². The van der Waals surface area contributed by atoms with E-state index in [1.54, 1.807) is 0 Å². The number of pyridine rings is 1. The first kappa shape index (κ1) is 29.0. The van der Waals surface area contributed by atoms with E-state index in [2.05, 4.69) is 10.3 Å². The summed E-state index contributed by atoms with van der Waals surface area (Å²) >= 11 is 0. The molecule has 41 heavy (non-hydrogen) atoms. The highest BCUT2D eigenvalue weighted by atomic mass is 16.7. The molecular formula is C25H25N3O13. The molecule has 4 rings (SSSR count). The van der Waals surface area contributed by atoms with Crippen molar-refractivity contribution in [2.75, 3.05) is 19.5 Å². The number of aromatic carboxylic acids is 1. The van der Waals surface area contributed by atoms with Gasteiger partial charge in [0.2, 0.25) is 6.29 Å². The van der Waals surface area contributed by atoms with E-state index in [0.717, 1.165) is 6.07 Å². The topological polar surface area (TPSA) is 230 Å². The van der Waals surface area contributed by atoms with Crippen LogP contribution in [0.4, 0.5) is 5.69 Å². The van der Waals surface area contributed by atoms with Crippen molar-refractivity contribution in [2.45, 2.75) is 44.3 Å². The lowest BCUT2D eigenvalue weighted by molar-refractivity contribution is -0.593. The van der Waals surface area contributed by atoms with Gasteiger partial charge in [0, 0.05) is 31.1 Å². The summed E-state index contributed by atoms with van der Waals surface area (Å²) in [5.41, 5.74) is -5.16. The van der Waals surface area contributed by atoms with Gasteiger partial charge in [-0.25, -0.2) is 14.6 Å². The predicted molar refractivity (Wildman–Crippen MR) is 137 cm³/mol. The van der Waals surface area contributed by atoms with Crippen LogP contribution in [0.5, 0.6) is 23.0 Å². The van der Waals surface area contributed by atoms with E-state index in [4.69, 9.17) is 23.4 Å². The van der Waals surface area contributed by atoms with E-state index in [0.29, 0.717) is 5.75 Å². The Morgan fingerprint density at radius 3 is 2.54 bits per heavy atom. The number of amides is 1. The van der Waals surface area contributed by atoms with Crippen LogP contribution >= 0.6 is 0 Å². The number of nitro groups is 1. The van der Waals surface area contributed by atoms with E-state index in [1.807, 2.05) is 0 Å². The number of carboxylic acid groups (broad SMARTS) is 1. The number of aromatic nitrogens is 1. The number of carbonyl (C=O) groups excluding carboxylic acids is 1. The number of carboxylic acids is 1. The van der Waals surface area contributed by atoms with Crippen molar-refractivity contribution in [1.29, 1.82) is 0 Å². The molecule has 16 heteroatoms. The predicted octanol–water partition coefficient (Wildman–Crippen LogP) is 2.12. The van der Waals surface area contributed by atoms with Crippen LogP contribution in [0.1, 0.15) is 41.2 Å². The van der Waals surface area contributed by atoms with E-state index >= 15 is 0 Å². The fourth-order valence-corrected chi connectivity index (χ4v) is 4.60. The minimum Gasteiger partial charge on any atom is -0.505 e. The molecule has 0 radical (unpaired) electrons. The Morgan fingerprint density at radius 1 is 1.22 bits per heavy atom. The van der Waals surface area contributed by atoms with Gasteiger partial charge in [-0.1, -0.05) is 0 Å². The average molecular weight is 575 g/mol. The van der Waals surface area contributed by atoms with Crippen LogP contribution in [0.15, 0.2) is 33.5 Å². The fraction of sp³-hybridized carbons (Fsp3) is 0.360. The Labute approximate surface area is 230 Å². The van der Waals surface area contributed by atoms with Crippen molar-refractivity contribution in [2.24, 2.45) is 0 Å². The maximum absolute atomic E-state index is 13.1. The lowest BCUT2D eigenvalue weighted by Crippen LogP contribution is -2.60. The van der Waals surface area contributed by atoms with E-state index < -0.39 is 80.8 Å². The van der Waals surface area contributed by atoms with Crippen molar-refractivity contribution in [3.8, 4) is 23.0 Å². The first-order valence-corrected chi connectivity index (χ1v) is 11.9. The summed E-state index contributed by atoms with van der Waals surface area (Å²) in [6.07, 6.45) is -3.55. The highest BCUT2D eigenvalue weighted by Crippen LogP contribution is 2.38. The number of benzene rings is 1. The Balaban J connectivity index is 1.69. The van der Waals surface area contributed by atoms with Gasteiger partial charge in [-0.05, 0) is 19.1 Å². The fourth-order valence-electron chi connectivity index (χ4n) is 4.60. The molecule has 0 aliphatic carbocycles. The van der Waals surface area contributed by atoms with Gasteiger partial charge in [-0.2, -0.15) is 0 Å². The molecule has 16 nitrogen and oxygen atoms in total. The third-order valence-corrected chi connectivity index (χ3v) is 6.63. The second-order valence-electron chi connectivity index (χ2n) is 9.30. The van der Waals surface area contributed by atoms with Crippen LogP contribution in [0.2, 0.25) is 0 Å². The van der Waals surface area contributed by atoms with Gasteiger partial charge >= 0.3 is 11.6 Å². The number of nitrogens with one attached hydrogen (secondary N) is 1. The van der Waals surface area contributed by atoms with Crippen LogP contribution in [0, 0.1) is 10.1 Å². The Morgan fingerprint density at radius 2 is 1.93 bits per heavy atom. The molecule has 1 aliphatic heterocycles. The largest absolute Gasteiger partial charge is 0.505 e. The third-order valence-electron chi connectivity index (χ3n) is 6.63. The van der Waals surface area contributed by atoms with E-state index in [1.165, 1.54) is 46.3 Å². The van der Waals surface area contributed by atoms with Gasteiger partial charge in [0.05, 0.1) is 25.0 Å². The van der Waals surface area contributed by atoms with Crippen LogP contribution in [-0.4, -0.2) is 75.4 Å². The summed E-state index contributed by atoms with van der Waals surface area (Å²) in [7, 11) is 2.68. The normalized spacial score (nSPS) is 22.2. The van der Waals surface area contributed by atoms with Crippen molar-refractivity contribution < 1.29 is 53.2 Å². The molecule has 0 unspecified atom stereocenters. The van der Waals surface area contributed by atoms with Crippen molar-refractivity contribution in [3.05, 3.63) is 56.2 Å². The van der Waals surface area contributed by atoms with Crippen molar-refractivity contribution in [3.63, 3.8) is 0 Å². The zero-order valence-electron chi connectivity index (χ0n) is 22.1. The highest BCUT2D eigenvalue weighted by Gasteiger charge is 2.56. The van der Waals surface area contributed by atoms with Crippen molar-refractivity contribution >= 4 is 28.5 Å². The minimum atomic E-state index is -1.74. The summed E-state index contributed by atoms with van der Waals surface area (Å²) in [5.74, 6) is -4.80. The highest BCUT2D eigenvalue weighted by molar-refractivity contribution is 6.06. The van der Waals surface area contributed by atoms with Gasteiger partial charge in [0.1, 0.15) is 17.0 Å². The first-order valence-electron chi connectivity index (χ1n) is 11.9. The number of anilines is 1. The maximum Gasteiger partial charge on any atom is 0.364 e. The molecule has 4 atom stereocenters. The average Bonchev–Trinajstić information content (AvgIpc) is 2.91. The molecule has 1 amide bonds. The second kappa shape index (κ2) is 10.9. The number of rotatable bonds is 8. The lowest BCUT2D eigenvalue weighted by atomic mass is 9.85. The quantitative estimate of drug-likeness (QED) is 0.171. The number of hydrogen-bond donors (Lipinski definition) is 4. The van der Waals surface area contributed by atoms with Crippen molar-refractivity contribution in [1.82, 2.24) is 4.98 Å². The second-order valence-corrected chi connectivity index (χ2v) is 9.30. The minimum absolute atomic E-state index is 0.0318. The van der Waals surface area contributed by atoms with E-state index in [9.17, 15) is 39.8 Å². The number of ether oxygens (including phenoxy) is 4. The number of methoxy groups -OCH3 is 2. The van der Waals surface area contributed by atoms with Gasteiger partial charge in [-0.3, -0.25) is 14.9 Å². The molecule has 3 aromatic rings. The molecule has 1 fully saturated rings. The Bertz CT molecular complexity index is 1600. The van der Waals surface area contributed by atoms with Gasteiger partial charge in [0.15, 0.2) is 34.7 Å². The number of aromatic hydroxyl groups is 2. The molecule has 3 heterocycles. The molecule has 218 valence electrons. The molecule has 1 saturated heterocycles. The summed E-state index contributed by atoms with van der Waals surface area (Å²) in [4.78, 5) is 52.3. The molecule has 2 aromatic heterocycles. The smallest absolute Gasteiger partial charge is 0.364 e. The first-order chi connectivity index (χ1) is 19.3. The summed E-state index contributed by atoms with van der Waals surface area (Å²) in [6, 6.07) is 5.05. The summed E-state index contributed by atoms with van der Waals surface area (Å²) in [6.45, 7) is 2.83. The van der Waals surface area contributed by atoms with Gasteiger partial charge in [-0.15, -0.1) is 0 Å². The zero-order chi connectivity index (χ0) is 30.2. The monoisotopic (exact) mass is 575 g/mol. The Kier molecular flexibility index (Phi) is 7.72. The van der Waals surface area contributed by atoms with Gasteiger partial charge < -0.3 is 44.0 Å². The molecule has 4 N–H and O–H groups in total. The van der Waals surface area contributed by atoms with Crippen LogP contribution in [0.3, 0.4) is 0 Å². The molecule has 0 spiro atoms. The van der Waals surface area contributed by atoms with E-state index in [-0.39, 0.29) is 17.4 Å². The number of nitrogens with zero attached hydrogens (tertiary/aromatic N) is 2. The summed E-state index contributed by atoms with van der Waals surface area (Å²) < 4.78 is 26.7. The SMILES string of the molecule is COc1ccc2c(O)c(NC(=O)c3cc(O[C@@H]4C[C@@](C)([N+](=O)[O-])[C@H](OC)[C@H](C)O4)c(O)c(C(=O)O)n3)c(=O)oc2c1. The standard InChI is InChI=1S/C25H25N3O13/c1-10-21(38-4)25(2,28(35)36)9-16(39-10)40-15-8-13(26-17(20(15)30)23(32)33)22(31)27-18-19(29)12-6-5-11(37-3)7-14(12)41-24(18)34/h5-8,10,16,21,29-30H,9H2,1-4H3,(H,27,31)(H,32,33)/t10-,16+,21+,25+/m0/s1.